The molecule has 1 aliphatic rings. The lowest BCUT2D eigenvalue weighted by Crippen LogP contribution is -2.41. The lowest BCUT2D eigenvalue weighted by molar-refractivity contribution is -0.131. The van der Waals surface area contributed by atoms with E-state index >= 15 is 0 Å². The van der Waals surface area contributed by atoms with E-state index in [1.165, 1.54) is 16.2 Å². The summed E-state index contributed by atoms with van der Waals surface area (Å²) in [5.41, 5.74) is -0.687. The Morgan fingerprint density at radius 3 is 2.86 bits per heavy atom. The summed E-state index contributed by atoms with van der Waals surface area (Å²) in [4.78, 5) is 28.3. The summed E-state index contributed by atoms with van der Waals surface area (Å²) < 4.78 is 0. The number of thiophene rings is 1. The molecule has 1 aliphatic heterocycles. The van der Waals surface area contributed by atoms with Crippen LogP contribution >= 0.6 is 11.3 Å². The number of amides is 2. The average Bonchev–Trinajstić information content (AvgIpc) is 2.89. The first-order valence-corrected chi connectivity index (χ1v) is 8.06. The summed E-state index contributed by atoms with van der Waals surface area (Å²) >= 11 is 1.38. The minimum Gasteiger partial charge on any atom is -0.390 e. The van der Waals surface area contributed by atoms with Crippen molar-refractivity contribution in [1.29, 1.82) is 0 Å². The van der Waals surface area contributed by atoms with Gasteiger partial charge in [0.05, 0.1) is 17.0 Å². The van der Waals surface area contributed by atoms with Crippen molar-refractivity contribution in [1.82, 2.24) is 9.80 Å². The predicted molar refractivity (Wildman–Crippen MR) is 82.3 cm³/mol. The van der Waals surface area contributed by atoms with Gasteiger partial charge in [-0.2, -0.15) is 0 Å². The molecule has 1 aromatic heterocycles. The SMILES string of the molecule is CN(CC(=O)N1CCCC(C)(O)CC1)C(=O)c1cccs1. The molecule has 1 atom stereocenters. The van der Waals surface area contributed by atoms with E-state index in [2.05, 4.69) is 0 Å². The van der Waals surface area contributed by atoms with Crippen molar-refractivity contribution < 1.29 is 14.7 Å². The topological polar surface area (TPSA) is 60.9 Å². The maximum atomic E-state index is 12.3. The van der Waals surface area contributed by atoms with Crippen LogP contribution < -0.4 is 0 Å². The van der Waals surface area contributed by atoms with Gasteiger partial charge in [0.15, 0.2) is 0 Å². The highest BCUT2D eigenvalue weighted by Gasteiger charge is 2.28. The number of hydrogen-bond acceptors (Lipinski definition) is 4. The molecule has 0 aromatic carbocycles. The fourth-order valence-electron chi connectivity index (χ4n) is 2.48. The van der Waals surface area contributed by atoms with Gasteiger partial charge >= 0.3 is 0 Å². The Morgan fingerprint density at radius 2 is 2.19 bits per heavy atom. The monoisotopic (exact) mass is 310 g/mol. The lowest BCUT2D eigenvalue weighted by Gasteiger charge is -2.25. The molecule has 2 amide bonds. The normalized spacial score (nSPS) is 22.7. The van der Waals surface area contributed by atoms with Crippen molar-refractivity contribution in [3.05, 3.63) is 22.4 Å². The summed E-state index contributed by atoms with van der Waals surface area (Å²) in [5, 5.41) is 11.9. The molecule has 1 fully saturated rings. The van der Waals surface area contributed by atoms with Gasteiger partial charge in [-0.05, 0) is 37.6 Å². The molecule has 1 aromatic rings. The third-order valence-electron chi connectivity index (χ3n) is 3.87. The van der Waals surface area contributed by atoms with Crippen LogP contribution in [-0.2, 0) is 4.79 Å². The predicted octanol–water partition coefficient (Wildman–Crippen LogP) is 1.58. The molecule has 6 heteroatoms. The van der Waals surface area contributed by atoms with E-state index in [0.29, 0.717) is 30.8 Å². The molecule has 1 unspecified atom stereocenters. The number of aliphatic hydroxyl groups is 1. The summed E-state index contributed by atoms with van der Waals surface area (Å²) in [7, 11) is 1.65. The van der Waals surface area contributed by atoms with Gasteiger partial charge < -0.3 is 14.9 Å². The highest BCUT2D eigenvalue weighted by molar-refractivity contribution is 7.12. The fraction of sp³-hybridized carbons (Fsp3) is 0.600. The van der Waals surface area contributed by atoms with Gasteiger partial charge in [0, 0.05) is 20.1 Å². The summed E-state index contributed by atoms with van der Waals surface area (Å²) in [6, 6.07) is 3.58. The lowest BCUT2D eigenvalue weighted by atomic mass is 9.98. The van der Waals surface area contributed by atoms with Crippen molar-refractivity contribution in [2.45, 2.75) is 31.8 Å². The number of carbonyl (C=O) groups is 2. The molecule has 0 aliphatic carbocycles. The molecule has 21 heavy (non-hydrogen) atoms. The third-order valence-corrected chi connectivity index (χ3v) is 4.73. The minimum atomic E-state index is -0.687. The molecular weight excluding hydrogens is 288 g/mol. The second-order valence-corrected chi connectivity index (χ2v) is 6.82. The molecular formula is C15H22N2O3S. The van der Waals surface area contributed by atoms with Crippen LogP contribution in [0.5, 0.6) is 0 Å². The first-order chi connectivity index (χ1) is 9.89. The Morgan fingerprint density at radius 1 is 1.43 bits per heavy atom. The van der Waals surface area contributed by atoms with Crippen molar-refractivity contribution >= 4 is 23.2 Å². The van der Waals surface area contributed by atoms with Crippen molar-refractivity contribution in [3.8, 4) is 0 Å². The van der Waals surface area contributed by atoms with Crippen molar-refractivity contribution in [2.24, 2.45) is 0 Å². The standard InChI is InChI=1S/C15H22N2O3S/c1-15(20)6-4-8-17(9-7-15)13(18)11-16(2)14(19)12-5-3-10-21-12/h3,5,10,20H,4,6-9,11H2,1-2H3. The molecule has 0 bridgehead atoms. The quantitative estimate of drug-likeness (QED) is 0.922. The average molecular weight is 310 g/mol. The van der Waals surface area contributed by atoms with E-state index in [0.717, 1.165) is 6.42 Å². The molecule has 2 heterocycles. The van der Waals surface area contributed by atoms with Crippen LogP contribution in [0.25, 0.3) is 0 Å². The Bertz CT molecular complexity index is 499. The highest BCUT2D eigenvalue weighted by atomic mass is 32.1. The van der Waals surface area contributed by atoms with Gasteiger partial charge in [-0.3, -0.25) is 9.59 Å². The molecule has 5 nitrogen and oxygen atoms in total. The van der Waals surface area contributed by atoms with E-state index in [4.69, 9.17) is 0 Å². The van der Waals surface area contributed by atoms with Crippen LogP contribution in [0.4, 0.5) is 0 Å². The maximum Gasteiger partial charge on any atom is 0.264 e. The molecule has 1 N–H and O–H groups in total. The maximum absolute atomic E-state index is 12.3. The molecule has 2 rings (SSSR count). The van der Waals surface area contributed by atoms with E-state index in [1.807, 2.05) is 18.4 Å². The third kappa shape index (κ3) is 4.28. The zero-order valence-electron chi connectivity index (χ0n) is 12.5. The molecule has 0 saturated carbocycles. The zero-order valence-corrected chi connectivity index (χ0v) is 13.4. The van der Waals surface area contributed by atoms with Crippen molar-refractivity contribution in [2.75, 3.05) is 26.7 Å². The van der Waals surface area contributed by atoms with Crippen LogP contribution in [0.3, 0.4) is 0 Å². The number of rotatable bonds is 3. The Kier molecular flexibility index (Phi) is 5.00. The van der Waals surface area contributed by atoms with Crippen LogP contribution in [0.2, 0.25) is 0 Å². The number of hydrogen-bond donors (Lipinski definition) is 1. The largest absolute Gasteiger partial charge is 0.390 e. The summed E-state index contributed by atoms with van der Waals surface area (Å²) in [5.74, 6) is -0.180. The first-order valence-electron chi connectivity index (χ1n) is 7.18. The van der Waals surface area contributed by atoms with Crippen LogP contribution in [0.1, 0.15) is 35.9 Å². The summed E-state index contributed by atoms with van der Waals surface area (Å²) in [6.07, 6.45) is 2.09. The Balaban J connectivity index is 1.90. The summed E-state index contributed by atoms with van der Waals surface area (Å²) in [6.45, 7) is 3.09. The number of likely N-dealkylation sites (N-methyl/N-ethyl adjacent to an activating group) is 1. The van der Waals surface area contributed by atoms with Gasteiger partial charge in [0.2, 0.25) is 5.91 Å². The minimum absolute atomic E-state index is 0.0555. The smallest absolute Gasteiger partial charge is 0.264 e. The molecule has 0 spiro atoms. The van der Waals surface area contributed by atoms with Gasteiger partial charge in [-0.1, -0.05) is 6.07 Å². The Labute approximate surface area is 129 Å². The van der Waals surface area contributed by atoms with Gasteiger partial charge in [-0.25, -0.2) is 0 Å². The second-order valence-electron chi connectivity index (χ2n) is 5.87. The van der Waals surface area contributed by atoms with Crippen molar-refractivity contribution in [3.63, 3.8) is 0 Å². The number of carbonyl (C=O) groups excluding carboxylic acids is 2. The second kappa shape index (κ2) is 6.58. The van der Waals surface area contributed by atoms with Gasteiger partial charge in [-0.15, -0.1) is 11.3 Å². The van der Waals surface area contributed by atoms with E-state index in [1.54, 1.807) is 18.0 Å². The number of nitrogens with zero attached hydrogens (tertiary/aromatic N) is 2. The fourth-order valence-corrected chi connectivity index (χ4v) is 3.19. The van der Waals surface area contributed by atoms with E-state index in [9.17, 15) is 14.7 Å². The number of likely N-dealkylation sites (tertiary alicyclic amines) is 1. The van der Waals surface area contributed by atoms with E-state index in [-0.39, 0.29) is 18.4 Å². The van der Waals surface area contributed by atoms with Gasteiger partial charge in [0.25, 0.3) is 5.91 Å². The molecule has 0 radical (unpaired) electrons. The van der Waals surface area contributed by atoms with Gasteiger partial charge in [0.1, 0.15) is 0 Å². The van der Waals surface area contributed by atoms with E-state index < -0.39 is 5.60 Å². The molecule has 1 saturated heterocycles. The zero-order chi connectivity index (χ0) is 15.5. The molecule has 116 valence electrons. The van der Waals surface area contributed by atoms with Crippen LogP contribution in [0, 0.1) is 0 Å². The Hall–Kier alpha value is -1.40. The highest BCUT2D eigenvalue weighted by Crippen LogP contribution is 2.21. The van der Waals surface area contributed by atoms with Crippen LogP contribution in [0.15, 0.2) is 17.5 Å². The van der Waals surface area contributed by atoms with Crippen LogP contribution in [-0.4, -0.2) is 59.0 Å². The first kappa shape index (κ1) is 16.0.